The Labute approximate surface area is 129 Å². The molecule has 21 heavy (non-hydrogen) atoms. The fourth-order valence-electron chi connectivity index (χ4n) is 2.61. The van der Waals surface area contributed by atoms with Crippen LogP contribution in [0, 0.1) is 13.8 Å². The monoisotopic (exact) mass is 297 g/mol. The van der Waals surface area contributed by atoms with Crippen LogP contribution in [0.5, 0.6) is 0 Å². The maximum absolute atomic E-state index is 11.4. The van der Waals surface area contributed by atoms with E-state index < -0.39 is 0 Å². The standard InChI is InChI=1S/C18H16ClNO/c1-12-3-6-14(7-4-12)10-20-17-8-5-13(2)9-15(17)16(11-21)18(20)19/h3-9,11H,10H2,1-2H3. The number of carbonyl (C=O) groups is 1. The van der Waals surface area contributed by atoms with E-state index in [-0.39, 0.29) is 0 Å². The number of aldehydes is 1. The minimum Gasteiger partial charge on any atom is -0.327 e. The molecule has 106 valence electrons. The first kappa shape index (κ1) is 13.9. The second-order valence-electron chi connectivity index (χ2n) is 5.41. The lowest BCUT2D eigenvalue weighted by Crippen LogP contribution is -1.99. The van der Waals surface area contributed by atoms with E-state index in [9.17, 15) is 4.79 Å². The van der Waals surface area contributed by atoms with Crippen molar-refractivity contribution in [3.8, 4) is 0 Å². The van der Waals surface area contributed by atoms with Crippen LogP contribution in [0.2, 0.25) is 5.15 Å². The minimum absolute atomic E-state index is 0.506. The summed E-state index contributed by atoms with van der Waals surface area (Å²) in [5.74, 6) is 0. The van der Waals surface area contributed by atoms with Crippen LogP contribution in [0.4, 0.5) is 0 Å². The summed E-state index contributed by atoms with van der Waals surface area (Å²) in [6.07, 6.45) is 0.843. The minimum atomic E-state index is 0.506. The van der Waals surface area contributed by atoms with Gasteiger partial charge in [-0.05, 0) is 31.5 Å². The lowest BCUT2D eigenvalue weighted by Gasteiger charge is -2.08. The van der Waals surface area contributed by atoms with Gasteiger partial charge in [-0.1, -0.05) is 53.1 Å². The lowest BCUT2D eigenvalue weighted by atomic mass is 10.1. The van der Waals surface area contributed by atoms with Gasteiger partial charge < -0.3 is 4.57 Å². The van der Waals surface area contributed by atoms with Gasteiger partial charge in [0, 0.05) is 11.9 Å². The summed E-state index contributed by atoms with van der Waals surface area (Å²) >= 11 is 6.42. The first-order chi connectivity index (χ1) is 10.1. The molecule has 0 N–H and O–H groups in total. The molecule has 0 saturated carbocycles. The smallest absolute Gasteiger partial charge is 0.153 e. The molecule has 0 amide bonds. The van der Waals surface area contributed by atoms with Crippen LogP contribution in [0.1, 0.15) is 27.0 Å². The van der Waals surface area contributed by atoms with Crippen LogP contribution in [0.25, 0.3) is 10.9 Å². The van der Waals surface area contributed by atoms with E-state index in [2.05, 4.69) is 31.2 Å². The molecular formula is C18H16ClNO. The van der Waals surface area contributed by atoms with E-state index in [1.807, 2.05) is 29.7 Å². The van der Waals surface area contributed by atoms with Crippen LogP contribution in [0.3, 0.4) is 0 Å². The maximum Gasteiger partial charge on any atom is 0.153 e. The average molecular weight is 298 g/mol. The third kappa shape index (κ3) is 2.47. The number of hydrogen-bond donors (Lipinski definition) is 0. The third-order valence-electron chi connectivity index (χ3n) is 3.77. The Morgan fingerprint density at radius 3 is 2.38 bits per heavy atom. The van der Waals surface area contributed by atoms with E-state index in [1.165, 1.54) is 5.56 Å². The SMILES string of the molecule is Cc1ccc(Cn2c(Cl)c(C=O)c3cc(C)ccc32)cc1. The molecule has 0 bridgehead atoms. The molecule has 0 saturated heterocycles. The highest BCUT2D eigenvalue weighted by atomic mass is 35.5. The summed E-state index contributed by atoms with van der Waals surface area (Å²) in [5.41, 5.74) is 5.08. The molecule has 2 nitrogen and oxygen atoms in total. The molecule has 1 heterocycles. The van der Waals surface area contributed by atoms with Crippen molar-refractivity contribution in [2.24, 2.45) is 0 Å². The van der Waals surface area contributed by atoms with E-state index in [1.54, 1.807) is 0 Å². The summed E-state index contributed by atoms with van der Waals surface area (Å²) < 4.78 is 1.99. The van der Waals surface area contributed by atoms with E-state index >= 15 is 0 Å². The Balaban J connectivity index is 2.15. The molecule has 0 fully saturated rings. The summed E-state index contributed by atoms with van der Waals surface area (Å²) in [4.78, 5) is 11.4. The van der Waals surface area contributed by atoms with Gasteiger partial charge in [-0.15, -0.1) is 0 Å². The van der Waals surface area contributed by atoms with Crippen molar-refractivity contribution in [1.82, 2.24) is 4.57 Å². The molecule has 0 aliphatic heterocycles. The third-order valence-corrected chi connectivity index (χ3v) is 4.18. The van der Waals surface area contributed by atoms with Crippen LogP contribution >= 0.6 is 11.6 Å². The highest BCUT2D eigenvalue weighted by molar-refractivity contribution is 6.34. The van der Waals surface area contributed by atoms with Crippen molar-refractivity contribution in [2.45, 2.75) is 20.4 Å². The molecule has 3 rings (SSSR count). The van der Waals surface area contributed by atoms with Gasteiger partial charge in [-0.3, -0.25) is 4.79 Å². The number of aromatic nitrogens is 1. The molecule has 0 aliphatic carbocycles. The van der Waals surface area contributed by atoms with Gasteiger partial charge in [0.2, 0.25) is 0 Å². The normalized spacial score (nSPS) is 11.0. The van der Waals surface area contributed by atoms with Crippen LogP contribution in [0.15, 0.2) is 42.5 Å². The Hall–Kier alpha value is -2.06. The largest absolute Gasteiger partial charge is 0.327 e. The fraction of sp³-hybridized carbons (Fsp3) is 0.167. The van der Waals surface area contributed by atoms with E-state index in [4.69, 9.17) is 11.6 Å². The fourth-order valence-corrected chi connectivity index (χ4v) is 2.90. The number of fused-ring (bicyclic) bond motifs is 1. The molecule has 0 radical (unpaired) electrons. The first-order valence-electron chi connectivity index (χ1n) is 6.89. The molecule has 3 aromatic rings. The molecule has 0 spiro atoms. The van der Waals surface area contributed by atoms with Crippen LogP contribution in [-0.2, 0) is 6.54 Å². The van der Waals surface area contributed by atoms with E-state index in [0.29, 0.717) is 17.3 Å². The number of rotatable bonds is 3. The molecule has 0 aliphatic rings. The van der Waals surface area contributed by atoms with E-state index in [0.717, 1.165) is 28.3 Å². The van der Waals surface area contributed by atoms with Crippen molar-refractivity contribution in [2.75, 3.05) is 0 Å². The molecular weight excluding hydrogens is 282 g/mol. The second kappa shape index (κ2) is 5.38. The Bertz CT molecular complexity index is 815. The lowest BCUT2D eigenvalue weighted by molar-refractivity contribution is 0.112. The van der Waals surface area contributed by atoms with Gasteiger partial charge in [-0.2, -0.15) is 0 Å². The van der Waals surface area contributed by atoms with Gasteiger partial charge in [0.25, 0.3) is 0 Å². The molecule has 1 aromatic heterocycles. The summed E-state index contributed by atoms with van der Waals surface area (Å²) in [6.45, 7) is 4.74. The summed E-state index contributed by atoms with van der Waals surface area (Å²) in [6, 6.07) is 14.4. The van der Waals surface area contributed by atoms with Crippen molar-refractivity contribution in [3.05, 3.63) is 69.9 Å². The van der Waals surface area contributed by atoms with Gasteiger partial charge in [0.15, 0.2) is 6.29 Å². The summed E-state index contributed by atoms with van der Waals surface area (Å²) in [7, 11) is 0. The predicted octanol–water partition coefficient (Wildman–Crippen LogP) is 4.77. The van der Waals surface area contributed by atoms with Crippen molar-refractivity contribution in [1.29, 1.82) is 0 Å². The zero-order chi connectivity index (χ0) is 15.0. The maximum atomic E-state index is 11.4. The number of halogens is 1. The molecule has 0 atom stereocenters. The van der Waals surface area contributed by atoms with Crippen LogP contribution in [-0.4, -0.2) is 10.9 Å². The first-order valence-corrected chi connectivity index (χ1v) is 7.27. The van der Waals surface area contributed by atoms with Gasteiger partial charge in [0.1, 0.15) is 5.15 Å². The molecule has 0 unspecified atom stereocenters. The predicted molar refractivity (Wildman–Crippen MR) is 87.4 cm³/mol. The van der Waals surface area contributed by atoms with Crippen LogP contribution < -0.4 is 0 Å². The topological polar surface area (TPSA) is 22.0 Å². The molecule has 2 aromatic carbocycles. The van der Waals surface area contributed by atoms with Crippen molar-refractivity contribution < 1.29 is 4.79 Å². The number of benzene rings is 2. The highest BCUT2D eigenvalue weighted by Gasteiger charge is 2.15. The number of aryl methyl sites for hydroxylation is 2. The Kier molecular flexibility index (Phi) is 3.56. The summed E-state index contributed by atoms with van der Waals surface area (Å²) in [5, 5.41) is 1.42. The van der Waals surface area contributed by atoms with Crippen molar-refractivity contribution in [3.63, 3.8) is 0 Å². The number of carbonyl (C=O) groups excluding carboxylic acids is 1. The Morgan fingerprint density at radius 1 is 1.05 bits per heavy atom. The van der Waals surface area contributed by atoms with Crippen molar-refractivity contribution >= 4 is 28.8 Å². The number of nitrogens with zero attached hydrogens (tertiary/aromatic N) is 1. The zero-order valence-electron chi connectivity index (χ0n) is 12.1. The zero-order valence-corrected chi connectivity index (χ0v) is 12.8. The average Bonchev–Trinajstić information content (AvgIpc) is 2.73. The second-order valence-corrected chi connectivity index (χ2v) is 5.77. The quantitative estimate of drug-likeness (QED) is 0.638. The number of hydrogen-bond acceptors (Lipinski definition) is 1. The van der Waals surface area contributed by atoms with Gasteiger partial charge in [0.05, 0.1) is 11.1 Å². The van der Waals surface area contributed by atoms with Gasteiger partial charge in [-0.25, -0.2) is 0 Å². The Morgan fingerprint density at radius 2 is 1.71 bits per heavy atom. The van der Waals surface area contributed by atoms with Gasteiger partial charge >= 0.3 is 0 Å². The highest BCUT2D eigenvalue weighted by Crippen LogP contribution is 2.30. The molecule has 3 heteroatoms.